The minimum atomic E-state index is -0.576. The van der Waals surface area contributed by atoms with Crippen LogP contribution >= 0.6 is 0 Å². The maximum Gasteiger partial charge on any atom is 0.340 e. The number of ether oxygens (including phenoxy) is 2. The first kappa shape index (κ1) is 20.5. The SMILES string of the molecule is CCOC(=O)c1ccccc1N/C=C(/C#N)C(=O)Nc1ccc(OCC)cc1. The summed E-state index contributed by atoms with van der Waals surface area (Å²) < 4.78 is 10.3. The molecule has 0 aliphatic carbocycles. The lowest BCUT2D eigenvalue weighted by Gasteiger charge is -2.09. The molecule has 0 saturated carbocycles. The molecule has 0 spiro atoms. The third kappa shape index (κ3) is 5.61. The van der Waals surface area contributed by atoms with Gasteiger partial charge in [-0.3, -0.25) is 4.79 Å². The van der Waals surface area contributed by atoms with Crippen molar-refractivity contribution in [3.63, 3.8) is 0 Å². The number of nitriles is 1. The first-order chi connectivity index (χ1) is 13.6. The summed E-state index contributed by atoms with van der Waals surface area (Å²) in [4.78, 5) is 24.3. The Morgan fingerprint density at radius 2 is 1.79 bits per heavy atom. The van der Waals surface area contributed by atoms with Crippen molar-refractivity contribution < 1.29 is 19.1 Å². The van der Waals surface area contributed by atoms with Crippen molar-refractivity contribution in [3.05, 3.63) is 65.9 Å². The predicted octanol–water partition coefficient (Wildman–Crippen LogP) is 3.72. The Balaban J connectivity index is 2.10. The van der Waals surface area contributed by atoms with Gasteiger partial charge in [0, 0.05) is 11.9 Å². The number of hydrogen-bond acceptors (Lipinski definition) is 6. The summed E-state index contributed by atoms with van der Waals surface area (Å²) in [6, 6.07) is 15.3. The molecule has 2 aromatic carbocycles. The summed E-state index contributed by atoms with van der Waals surface area (Å²) in [5.41, 5.74) is 1.13. The molecule has 0 aliphatic heterocycles. The van der Waals surface area contributed by atoms with Crippen LogP contribution in [0.5, 0.6) is 5.75 Å². The fourth-order valence-corrected chi connectivity index (χ4v) is 2.29. The lowest BCUT2D eigenvalue weighted by atomic mass is 10.1. The third-order valence-electron chi connectivity index (χ3n) is 3.58. The van der Waals surface area contributed by atoms with Crippen molar-refractivity contribution in [2.24, 2.45) is 0 Å². The number of nitrogens with one attached hydrogen (secondary N) is 2. The van der Waals surface area contributed by atoms with E-state index in [4.69, 9.17) is 9.47 Å². The molecule has 0 aromatic heterocycles. The first-order valence-electron chi connectivity index (χ1n) is 8.76. The molecule has 0 bridgehead atoms. The van der Waals surface area contributed by atoms with Gasteiger partial charge in [-0.2, -0.15) is 5.26 Å². The number of esters is 1. The Kier molecular flexibility index (Phi) is 7.61. The number of hydrogen-bond donors (Lipinski definition) is 2. The van der Waals surface area contributed by atoms with E-state index >= 15 is 0 Å². The second-order valence-electron chi connectivity index (χ2n) is 5.49. The fraction of sp³-hybridized carbons (Fsp3) is 0.190. The zero-order valence-electron chi connectivity index (χ0n) is 15.7. The quantitative estimate of drug-likeness (QED) is 0.412. The van der Waals surface area contributed by atoms with Crippen LogP contribution in [0.3, 0.4) is 0 Å². The van der Waals surface area contributed by atoms with Crippen molar-refractivity contribution in [1.29, 1.82) is 5.26 Å². The van der Waals surface area contributed by atoms with E-state index in [-0.39, 0.29) is 12.2 Å². The molecular weight excluding hydrogens is 358 g/mol. The van der Waals surface area contributed by atoms with Crippen LogP contribution in [-0.4, -0.2) is 25.1 Å². The summed E-state index contributed by atoms with van der Waals surface area (Å²) in [6.45, 7) is 4.39. The first-order valence-corrected chi connectivity index (χ1v) is 8.76. The van der Waals surface area contributed by atoms with Gasteiger partial charge in [0.25, 0.3) is 5.91 Å². The fourth-order valence-electron chi connectivity index (χ4n) is 2.29. The Morgan fingerprint density at radius 3 is 2.43 bits per heavy atom. The van der Waals surface area contributed by atoms with Crippen molar-refractivity contribution in [2.45, 2.75) is 13.8 Å². The predicted molar refractivity (Wildman–Crippen MR) is 106 cm³/mol. The van der Waals surface area contributed by atoms with E-state index < -0.39 is 11.9 Å². The van der Waals surface area contributed by atoms with E-state index in [2.05, 4.69) is 10.6 Å². The topological polar surface area (TPSA) is 100 Å². The number of para-hydroxylation sites is 1. The summed E-state index contributed by atoms with van der Waals surface area (Å²) in [6.07, 6.45) is 1.25. The lowest BCUT2D eigenvalue weighted by Crippen LogP contribution is -2.15. The summed E-state index contributed by atoms with van der Waals surface area (Å²) in [5.74, 6) is -0.377. The van der Waals surface area contributed by atoms with E-state index in [1.807, 2.05) is 13.0 Å². The molecule has 0 aliphatic rings. The minimum Gasteiger partial charge on any atom is -0.494 e. The number of carbonyl (C=O) groups is 2. The highest BCUT2D eigenvalue weighted by Crippen LogP contribution is 2.18. The average Bonchev–Trinajstić information content (AvgIpc) is 2.70. The van der Waals surface area contributed by atoms with E-state index in [1.54, 1.807) is 55.5 Å². The second-order valence-corrected chi connectivity index (χ2v) is 5.49. The van der Waals surface area contributed by atoms with E-state index in [1.165, 1.54) is 6.20 Å². The molecule has 144 valence electrons. The number of anilines is 2. The van der Waals surface area contributed by atoms with Gasteiger partial charge < -0.3 is 20.1 Å². The largest absolute Gasteiger partial charge is 0.494 e. The molecule has 2 rings (SSSR count). The van der Waals surface area contributed by atoms with Gasteiger partial charge in [0.2, 0.25) is 0 Å². The number of amides is 1. The molecule has 1 amide bonds. The molecule has 2 N–H and O–H groups in total. The Labute approximate surface area is 163 Å². The Hall–Kier alpha value is -3.79. The maximum atomic E-state index is 12.3. The normalized spacial score (nSPS) is 10.5. The van der Waals surface area contributed by atoms with Crippen LogP contribution in [0.4, 0.5) is 11.4 Å². The molecular formula is C21H21N3O4. The van der Waals surface area contributed by atoms with Gasteiger partial charge >= 0.3 is 5.97 Å². The van der Waals surface area contributed by atoms with Crippen molar-refractivity contribution in [3.8, 4) is 11.8 Å². The van der Waals surface area contributed by atoms with Gasteiger partial charge in [0.1, 0.15) is 17.4 Å². The van der Waals surface area contributed by atoms with E-state index in [0.29, 0.717) is 29.3 Å². The molecule has 28 heavy (non-hydrogen) atoms. The van der Waals surface area contributed by atoms with Crippen LogP contribution in [-0.2, 0) is 9.53 Å². The Morgan fingerprint density at radius 1 is 1.07 bits per heavy atom. The van der Waals surface area contributed by atoms with Gasteiger partial charge in [-0.1, -0.05) is 12.1 Å². The van der Waals surface area contributed by atoms with Gasteiger partial charge in [-0.25, -0.2) is 4.79 Å². The van der Waals surface area contributed by atoms with Crippen molar-refractivity contribution >= 4 is 23.3 Å². The molecule has 2 aromatic rings. The van der Waals surface area contributed by atoms with Gasteiger partial charge in [0.15, 0.2) is 0 Å². The van der Waals surface area contributed by atoms with Crippen molar-refractivity contribution in [1.82, 2.24) is 0 Å². The summed E-state index contributed by atoms with van der Waals surface area (Å²) >= 11 is 0. The number of nitrogens with zero attached hydrogens (tertiary/aromatic N) is 1. The molecule has 0 fully saturated rings. The Bertz CT molecular complexity index is 899. The standard InChI is InChI=1S/C21H21N3O4/c1-3-27-17-11-9-16(10-12-17)24-20(25)15(13-22)14-23-19-8-6-5-7-18(19)21(26)28-4-2/h5-12,14,23H,3-4H2,1-2H3,(H,24,25)/b15-14-. The summed E-state index contributed by atoms with van der Waals surface area (Å²) in [7, 11) is 0. The minimum absolute atomic E-state index is 0.146. The number of carbonyl (C=O) groups excluding carboxylic acids is 2. The van der Waals surface area contributed by atoms with Crippen LogP contribution in [0.25, 0.3) is 0 Å². The molecule has 0 radical (unpaired) electrons. The van der Waals surface area contributed by atoms with Crippen molar-refractivity contribution in [2.75, 3.05) is 23.8 Å². The van der Waals surface area contributed by atoms with Crippen LogP contribution in [0.1, 0.15) is 24.2 Å². The third-order valence-corrected chi connectivity index (χ3v) is 3.58. The molecule has 0 unspecified atom stereocenters. The van der Waals surface area contributed by atoms with E-state index in [0.717, 1.165) is 0 Å². The van der Waals surface area contributed by atoms with Crippen LogP contribution in [0, 0.1) is 11.3 Å². The van der Waals surface area contributed by atoms with Crippen LogP contribution < -0.4 is 15.4 Å². The van der Waals surface area contributed by atoms with E-state index in [9.17, 15) is 14.9 Å². The molecule has 7 nitrogen and oxygen atoms in total. The maximum absolute atomic E-state index is 12.3. The van der Waals surface area contributed by atoms with Gasteiger partial charge in [-0.05, 0) is 50.2 Å². The van der Waals surface area contributed by atoms with Gasteiger partial charge in [0.05, 0.1) is 24.5 Å². The second kappa shape index (κ2) is 10.4. The molecule has 7 heteroatoms. The monoisotopic (exact) mass is 379 g/mol. The highest BCUT2D eigenvalue weighted by Gasteiger charge is 2.13. The highest BCUT2D eigenvalue weighted by molar-refractivity contribution is 6.07. The smallest absolute Gasteiger partial charge is 0.340 e. The zero-order chi connectivity index (χ0) is 20.4. The van der Waals surface area contributed by atoms with Gasteiger partial charge in [-0.15, -0.1) is 0 Å². The highest BCUT2D eigenvalue weighted by atomic mass is 16.5. The molecule has 0 heterocycles. The molecule has 0 atom stereocenters. The lowest BCUT2D eigenvalue weighted by molar-refractivity contribution is -0.112. The van der Waals surface area contributed by atoms with Crippen LogP contribution in [0.2, 0.25) is 0 Å². The van der Waals surface area contributed by atoms with Crippen LogP contribution in [0.15, 0.2) is 60.3 Å². The molecule has 0 saturated heterocycles. The zero-order valence-corrected chi connectivity index (χ0v) is 15.7. The number of rotatable bonds is 8. The number of benzene rings is 2. The summed E-state index contributed by atoms with van der Waals surface area (Å²) in [5, 5.41) is 14.8. The average molecular weight is 379 g/mol.